The number of esters is 1. The van der Waals surface area contributed by atoms with Crippen LogP contribution in [0.3, 0.4) is 0 Å². The maximum Gasteiger partial charge on any atom is 0.307 e. The average Bonchev–Trinajstić information content (AvgIpc) is 2.26. The molecule has 1 N–H and O–H groups in total. The summed E-state index contributed by atoms with van der Waals surface area (Å²) < 4.78 is 4.62. The van der Waals surface area contributed by atoms with Gasteiger partial charge in [-0.25, -0.2) is 0 Å². The molecule has 0 saturated carbocycles. The second-order valence-electron chi connectivity index (χ2n) is 3.29. The van der Waals surface area contributed by atoms with Gasteiger partial charge in [-0.1, -0.05) is 29.3 Å². The minimum atomic E-state index is -0.287. The van der Waals surface area contributed by atoms with Gasteiger partial charge in [0, 0.05) is 16.1 Å². The summed E-state index contributed by atoms with van der Waals surface area (Å²) >= 11 is 11.9. The largest absolute Gasteiger partial charge is 0.469 e. The van der Waals surface area contributed by atoms with E-state index in [4.69, 9.17) is 23.2 Å². The highest BCUT2D eigenvalue weighted by molar-refractivity contribution is 6.35. The Balaban J connectivity index is 2.90. The van der Waals surface area contributed by atoms with Gasteiger partial charge in [-0.05, 0) is 24.7 Å². The lowest BCUT2D eigenvalue weighted by Crippen LogP contribution is -2.21. The third-order valence-electron chi connectivity index (χ3n) is 2.28. The molecule has 0 radical (unpaired) electrons. The maximum atomic E-state index is 11.2. The Labute approximate surface area is 105 Å². The zero-order valence-electron chi connectivity index (χ0n) is 9.09. The highest BCUT2D eigenvalue weighted by Crippen LogP contribution is 2.28. The molecule has 0 aromatic heterocycles. The third kappa shape index (κ3) is 3.37. The molecule has 0 saturated heterocycles. The normalized spacial score (nSPS) is 12.2. The van der Waals surface area contributed by atoms with Crippen LogP contribution in [-0.4, -0.2) is 20.1 Å². The highest BCUT2D eigenvalue weighted by atomic mass is 35.5. The Kier molecular flexibility index (Phi) is 5.06. The van der Waals surface area contributed by atoms with E-state index in [0.717, 1.165) is 5.56 Å². The number of ether oxygens (including phenoxy) is 1. The molecule has 1 aromatic carbocycles. The number of hydrogen-bond donors (Lipinski definition) is 1. The first kappa shape index (κ1) is 13.3. The van der Waals surface area contributed by atoms with Crippen molar-refractivity contribution in [2.75, 3.05) is 14.2 Å². The third-order valence-corrected chi connectivity index (χ3v) is 2.85. The van der Waals surface area contributed by atoms with Crippen LogP contribution in [0.25, 0.3) is 0 Å². The van der Waals surface area contributed by atoms with Crippen LogP contribution in [0.4, 0.5) is 0 Å². The number of halogens is 2. The van der Waals surface area contributed by atoms with Crippen molar-refractivity contribution in [2.45, 2.75) is 12.5 Å². The Morgan fingerprint density at radius 3 is 2.69 bits per heavy atom. The topological polar surface area (TPSA) is 38.3 Å². The molecule has 1 unspecified atom stereocenters. The van der Waals surface area contributed by atoms with Gasteiger partial charge in [0.05, 0.1) is 13.5 Å². The highest BCUT2D eigenvalue weighted by Gasteiger charge is 2.17. The molecule has 0 amide bonds. The van der Waals surface area contributed by atoms with Crippen LogP contribution >= 0.6 is 23.2 Å². The van der Waals surface area contributed by atoms with Crippen molar-refractivity contribution in [1.29, 1.82) is 0 Å². The van der Waals surface area contributed by atoms with Gasteiger partial charge in [0.25, 0.3) is 0 Å². The summed E-state index contributed by atoms with van der Waals surface area (Å²) in [6, 6.07) is 5.02. The number of nitrogens with one attached hydrogen (secondary N) is 1. The molecule has 0 aliphatic heterocycles. The molecule has 0 heterocycles. The first-order valence-corrected chi connectivity index (χ1v) is 5.53. The molecular formula is C11H13Cl2NO2. The summed E-state index contributed by atoms with van der Waals surface area (Å²) in [5, 5.41) is 4.12. The van der Waals surface area contributed by atoms with Crippen molar-refractivity contribution in [3.63, 3.8) is 0 Å². The molecule has 3 nitrogen and oxygen atoms in total. The smallest absolute Gasteiger partial charge is 0.307 e. The summed E-state index contributed by atoms with van der Waals surface area (Å²) in [6.07, 6.45) is 0.231. The summed E-state index contributed by atoms with van der Waals surface area (Å²) in [4.78, 5) is 11.2. The van der Waals surface area contributed by atoms with E-state index in [1.807, 2.05) is 0 Å². The van der Waals surface area contributed by atoms with Gasteiger partial charge in [0.1, 0.15) is 0 Å². The van der Waals surface area contributed by atoms with E-state index in [-0.39, 0.29) is 18.4 Å². The Bertz CT molecular complexity index is 382. The number of methoxy groups -OCH3 is 1. The van der Waals surface area contributed by atoms with Gasteiger partial charge in [0.15, 0.2) is 0 Å². The van der Waals surface area contributed by atoms with Crippen molar-refractivity contribution >= 4 is 29.2 Å². The molecule has 0 bridgehead atoms. The van der Waals surface area contributed by atoms with Crippen LogP contribution in [0.1, 0.15) is 18.0 Å². The summed E-state index contributed by atoms with van der Waals surface area (Å²) in [7, 11) is 3.12. The van der Waals surface area contributed by atoms with Crippen molar-refractivity contribution in [2.24, 2.45) is 0 Å². The van der Waals surface area contributed by atoms with Gasteiger partial charge in [-0.2, -0.15) is 0 Å². The van der Waals surface area contributed by atoms with Crippen LogP contribution < -0.4 is 5.32 Å². The van der Waals surface area contributed by atoms with E-state index in [2.05, 4.69) is 10.1 Å². The van der Waals surface area contributed by atoms with Gasteiger partial charge < -0.3 is 10.1 Å². The molecule has 0 fully saturated rings. The van der Waals surface area contributed by atoms with Gasteiger partial charge >= 0.3 is 5.97 Å². The molecular weight excluding hydrogens is 249 g/mol. The number of carbonyl (C=O) groups excluding carboxylic acids is 1. The molecule has 5 heteroatoms. The van der Waals surface area contributed by atoms with Crippen molar-refractivity contribution < 1.29 is 9.53 Å². The van der Waals surface area contributed by atoms with Gasteiger partial charge in [0.2, 0.25) is 0 Å². The lowest BCUT2D eigenvalue weighted by molar-refractivity contribution is -0.141. The number of hydrogen-bond acceptors (Lipinski definition) is 3. The molecule has 1 aromatic rings. The zero-order valence-corrected chi connectivity index (χ0v) is 10.6. The molecule has 1 atom stereocenters. The molecule has 0 aliphatic carbocycles. The SMILES string of the molecule is CNC(CC(=O)OC)c1ccc(Cl)cc1Cl. The predicted octanol–water partition coefficient (Wildman–Crippen LogP) is 2.82. The zero-order chi connectivity index (χ0) is 12.1. The van der Waals surface area contributed by atoms with Gasteiger partial charge in [-0.15, -0.1) is 0 Å². The van der Waals surface area contributed by atoms with E-state index in [1.54, 1.807) is 25.2 Å². The van der Waals surface area contributed by atoms with Gasteiger partial charge in [-0.3, -0.25) is 4.79 Å². The Morgan fingerprint density at radius 2 is 2.19 bits per heavy atom. The fourth-order valence-electron chi connectivity index (χ4n) is 1.40. The molecule has 0 spiro atoms. The molecule has 1 rings (SSSR count). The average molecular weight is 262 g/mol. The fourth-order valence-corrected chi connectivity index (χ4v) is 1.94. The van der Waals surface area contributed by atoms with Crippen molar-refractivity contribution in [3.05, 3.63) is 33.8 Å². The first-order chi connectivity index (χ1) is 7.58. The van der Waals surface area contributed by atoms with E-state index in [1.165, 1.54) is 7.11 Å². The van der Waals surface area contributed by atoms with E-state index in [9.17, 15) is 4.79 Å². The standard InChI is InChI=1S/C11H13Cl2NO2/c1-14-10(6-11(15)16-2)8-4-3-7(12)5-9(8)13/h3-5,10,14H,6H2,1-2H3. The molecule has 16 heavy (non-hydrogen) atoms. The summed E-state index contributed by atoms with van der Waals surface area (Å²) in [6.45, 7) is 0. The Hall–Kier alpha value is -0.770. The summed E-state index contributed by atoms with van der Waals surface area (Å²) in [5.74, 6) is -0.287. The van der Waals surface area contributed by atoms with E-state index < -0.39 is 0 Å². The minimum Gasteiger partial charge on any atom is -0.469 e. The minimum absolute atomic E-state index is 0.169. The van der Waals surface area contributed by atoms with Crippen LogP contribution in [0.2, 0.25) is 10.0 Å². The molecule has 0 aliphatic rings. The lowest BCUT2D eigenvalue weighted by atomic mass is 10.0. The van der Waals surface area contributed by atoms with Crippen molar-refractivity contribution in [1.82, 2.24) is 5.32 Å². The van der Waals surface area contributed by atoms with E-state index >= 15 is 0 Å². The van der Waals surface area contributed by atoms with E-state index in [0.29, 0.717) is 10.0 Å². The second-order valence-corrected chi connectivity index (χ2v) is 4.13. The van der Waals surface area contributed by atoms with Crippen LogP contribution in [-0.2, 0) is 9.53 Å². The maximum absolute atomic E-state index is 11.2. The lowest BCUT2D eigenvalue weighted by Gasteiger charge is -2.16. The predicted molar refractivity (Wildman–Crippen MR) is 64.9 cm³/mol. The van der Waals surface area contributed by atoms with Crippen molar-refractivity contribution in [3.8, 4) is 0 Å². The van der Waals surface area contributed by atoms with Crippen LogP contribution in [0.15, 0.2) is 18.2 Å². The molecule has 88 valence electrons. The Morgan fingerprint density at radius 1 is 1.50 bits per heavy atom. The summed E-state index contributed by atoms with van der Waals surface area (Å²) in [5.41, 5.74) is 0.832. The second kappa shape index (κ2) is 6.09. The first-order valence-electron chi connectivity index (χ1n) is 4.77. The number of carbonyl (C=O) groups is 1. The fraction of sp³-hybridized carbons (Fsp3) is 0.364. The van der Waals surface area contributed by atoms with Crippen LogP contribution in [0.5, 0.6) is 0 Å². The van der Waals surface area contributed by atoms with Crippen LogP contribution in [0, 0.1) is 0 Å². The monoisotopic (exact) mass is 261 g/mol. The number of rotatable bonds is 4. The number of benzene rings is 1. The quantitative estimate of drug-likeness (QED) is 0.848.